The third kappa shape index (κ3) is 3.39. The molecule has 0 saturated carbocycles. The molecule has 2 saturated heterocycles. The van der Waals surface area contributed by atoms with Crippen LogP contribution in [0.3, 0.4) is 0 Å². The van der Waals surface area contributed by atoms with Crippen LogP contribution in [-0.2, 0) is 4.74 Å². The van der Waals surface area contributed by atoms with Crippen LogP contribution >= 0.6 is 0 Å². The van der Waals surface area contributed by atoms with E-state index in [0.717, 1.165) is 24.6 Å². The Balaban J connectivity index is 1.60. The van der Waals surface area contributed by atoms with Crippen LogP contribution in [0, 0.1) is 6.92 Å². The van der Waals surface area contributed by atoms with Gasteiger partial charge in [0.15, 0.2) is 5.82 Å². The first-order chi connectivity index (χ1) is 12.7. The summed E-state index contributed by atoms with van der Waals surface area (Å²) in [6.45, 7) is 5.41. The number of aryl methyl sites for hydroxylation is 1. The van der Waals surface area contributed by atoms with Gasteiger partial charge in [0.2, 0.25) is 0 Å². The monoisotopic (exact) mass is 353 g/mol. The lowest BCUT2D eigenvalue weighted by atomic mass is 10.1. The Morgan fingerprint density at radius 1 is 1.15 bits per heavy atom. The van der Waals surface area contributed by atoms with Gasteiger partial charge in [-0.15, -0.1) is 0 Å². The first kappa shape index (κ1) is 16.9. The normalized spacial score (nSPS) is 20.4. The first-order valence-electron chi connectivity index (χ1n) is 9.11. The van der Waals surface area contributed by atoms with Crippen LogP contribution < -0.4 is 4.90 Å². The third-order valence-electron chi connectivity index (χ3n) is 4.94. The van der Waals surface area contributed by atoms with Gasteiger partial charge in [-0.05, 0) is 38.0 Å². The minimum Gasteiger partial charge on any atom is -0.377 e. The summed E-state index contributed by atoms with van der Waals surface area (Å²) in [6.07, 6.45) is 5.79. The number of morpholine rings is 1. The lowest BCUT2D eigenvalue weighted by molar-refractivity contribution is -0.00522. The molecule has 0 aromatic carbocycles. The molecule has 2 aromatic heterocycles. The van der Waals surface area contributed by atoms with Crippen molar-refractivity contribution in [2.45, 2.75) is 25.8 Å². The molecular formula is C19H23N5O2. The quantitative estimate of drug-likeness (QED) is 0.840. The number of hydrogen-bond acceptors (Lipinski definition) is 6. The number of nitrogens with zero attached hydrogens (tertiary/aromatic N) is 5. The van der Waals surface area contributed by atoms with E-state index < -0.39 is 0 Å². The first-order valence-corrected chi connectivity index (χ1v) is 9.11. The second-order valence-corrected chi connectivity index (χ2v) is 6.74. The van der Waals surface area contributed by atoms with E-state index >= 15 is 0 Å². The number of anilines is 1. The van der Waals surface area contributed by atoms with Crippen molar-refractivity contribution in [3.63, 3.8) is 0 Å². The zero-order valence-electron chi connectivity index (χ0n) is 15.0. The maximum Gasteiger partial charge on any atom is 0.256 e. The molecule has 2 aromatic rings. The van der Waals surface area contributed by atoms with Crippen LogP contribution in [0.2, 0.25) is 0 Å². The number of carbonyl (C=O) groups excluding carboxylic acids is 1. The minimum absolute atomic E-state index is 0.0547. The van der Waals surface area contributed by atoms with E-state index in [1.807, 2.05) is 25.1 Å². The Morgan fingerprint density at radius 3 is 2.77 bits per heavy atom. The Bertz CT molecular complexity index is 774. The van der Waals surface area contributed by atoms with Crippen LogP contribution in [0.4, 0.5) is 5.82 Å². The third-order valence-corrected chi connectivity index (χ3v) is 4.94. The molecule has 0 bridgehead atoms. The smallest absolute Gasteiger partial charge is 0.256 e. The van der Waals surface area contributed by atoms with E-state index in [-0.39, 0.29) is 11.9 Å². The van der Waals surface area contributed by atoms with E-state index in [0.29, 0.717) is 31.1 Å². The average molecular weight is 353 g/mol. The molecule has 4 heterocycles. The fourth-order valence-corrected chi connectivity index (χ4v) is 3.47. The van der Waals surface area contributed by atoms with E-state index in [4.69, 9.17) is 9.72 Å². The van der Waals surface area contributed by atoms with Gasteiger partial charge in [-0.3, -0.25) is 9.78 Å². The molecular weight excluding hydrogens is 330 g/mol. The Labute approximate surface area is 153 Å². The molecule has 4 rings (SSSR count). The molecule has 0 unspecified atom stereocenters. The number of pyridine rings is 1. The van der Waals surface area contributed by atoms with Crippen LogP contribution in [0.15, 0.2) is 30.6 Å². The predicted molar refractivity (Wildman–Crippen MR) is 97.0 cm³/mol. The van der Waals surface area contributed by atoms with E-state index in [2.05, 4.69) is 14.9 Å². The van der Waals surface area contributed by atoms with Gasteiger partial charge in [-0.2, -0.15) is 0 Å². The van der Waals surface area contributed by atoms with Gasteiger partial charge in [0.1, 0.15) is 11.9 Å². The number of rotatable bonds is 3. The summed E-state index contributed by atoms with van der Waals surface area (Å²) in [5.41, 5.74) is 1.47. The zero-order chi connectivity index (χ0) is 17.9. The second kappa shape index (κ2) is 7.37. The number of hydrogen-bond donors (Lipinski definition) is 0. The summed E-state index contributed by atoms with van der Waals surface area (Å²) in [6, 6.07) is 5.33. The van der Waals surface area contributed by atoms with Crippen molar-refractivity contribution in [3.05, 3.63) is 47.7 Å². The molecule has 136 valence electrons. The highest BCUT2D eigenvalue weighted by Gasteiger charge is 2.32. The molecule has 1 atom stereocenters. The van der Waals surface area contributed by atoms with E-state index in [1.54, 1.807) is 17.3 Å². The van der Waals surface area contributed by atoms with Gasteiger partial charge in [0.05, 0.1) is 18.8 Å². The number of ether oxygens (including phenoxy) is 1. The Hall–Kier alpha value is -2.54. The van der Waals surface area contributed by atoms with Crippen LogP contribution in [0.5, 0.6) is 0 Å². The summed E-state index contributed by atoms with van der Waals surface area (Å²) in [4.78, 5) is 30.5. The molecule has 0 N–H and O–H groups in total. The van der Waals surface area contributed by atoms with Crippen molar-refractivity contribution >= 4 is 11.7 Å². The molecule has 0 spiro atoms. The highest BCUT2D eigenvalue weighted by molar-refractivity contribution is 5.94. The lowest BCUT2D eigenvalue weighted by Gasteiger charge is -2.34. The fourth-order valence-electron chi connectivity index (χ4n) is 3.47. The standard InChI is InChI=1S/C19H23N5O2/c1-14-4-5-15(12-21-14)19(25)24-10-11-26-13-16(24)18-20-7-6-17(22-18)23-8-2-3-9-23/h4-7,12,16H,2-3,8-11,13H2,1H3/t16-/m1/s1. The maximum atomic E-state index is 13.0. The number of carbonyl (C=O) groups is 1. The molecule has 26 heavy (non-hydrogen) atoms. The summed E-state index contributed by atoms with van der Waals surface area (Å²) >= 11 is 0. The second-order valence-electron chi connectivity index (χ2n) is 6.74. The van der Waals surface area contributed by atoms with Crippen molar-refractivity contribution in [1.82, 2.24) is 19.9 Å². The summed E-state index contributed by atoms with van der Waals surface area (Å²) in [5.74, 6) is 1.52. The lowest BCUT2D eigenvalue weighted by Crippen LogP contribution is -2.44. The topological polar surface area (TPSA) is 71.5 Å². The van der Waals surface area contributed by atoms with Crippen molar-refractivity contribution in [2.75, 3.05) is 37.7 Å². The van der Waals surface area contributed by atoms with E-state index in [9.17, 15) is 4.79 Å². The molecule has 2 aliphatic heterocycles. The highest BCUT2D eigenvalue weighted by atomic mass is 16.5. The molecule has 2 aliphatic rings. The van der Waals surface area contributed by atoms with Crippen molar-refractivity contribution in [3.8, 4) is 0 Å². The van der Waals surface area contributed by atoms with Crippen LogP contribution in [-0.4, -0.2) is 58.6 Å². The van der Waals surface area contributed by atoms with Gasteiger partial charge >= 0.3 is 0 Å². The summed E-state index contributed by atoms with van der Waals surface area (Å²) in [5, 5.41) is 0. The van der Waals surface area contributed by atoms with Crippen LogP contribution in [0.25, 0.3) is 0 Å². The fraction of sp³-hybridized carbons (Fsp3) is 0.474. The molecule has 1 amide bonds. The molecule has 0 radical (unpaired) electrons. The molecule has 0 aliphatic carbocycles. The highest BCUT2D eigenvalue weighted by Crippen LogP contribution is 2.26. The van der Waals surface area contributed by atoms with Crippen molar-refractivity contribution < 1.29 is 9.53 Å². The molecule has 7 nitrogen and oxygen atoms in total. The van der Waals surface area contributed by atoms with Crippen LogP contribution in [0.1, 0.15) is 40.8 Å². The van der Waals surface area contributed by atoms with Crippen molar-refractivity contribution in [1.29, 1.82) is 0 Å². The Morgan fingerprint density at radius 2 is 2.00 bits per heavy atom. The maximum absolute atomic E-state index is 13.0. The number of amides is 1. The predicted octanol–water partition coefficient (Wildman–Crippen LogP) is 1.99. The van der Waals surface area contributed by atoms with Crippen molar-refractivity contribution in [2.24, 2.45) is 0 Å². The molecule has 2 fully saturated rings. The number of aromatic nitrogens is 3. The summed E-state index contributed by atoms with van der Waals surface area (Å²) < 4.78 is 5.63. The summed E-state index contributed by atoms with van der Waals surface area (Å²) in [7, 11) is 0. The Kier molecular flexibility index (Phi) is 4.79. The minimum atomic E-state index is -0.278. The van der Waals surface area contributed by atoms with Gasteiger partial charge in [-0.1, -0.05) is 0 Å². The SMILES string of the molecule is Cc1ccc(C(=O)N2CCOC[C@@H]2c2nccc(N3CCCC3)n2)cn1. The van der Waals surface area contributed by atoms with E-state index in [1.165, 1.54) is 12.8 Å². The van der Waals surface area contributed by atoms with Gasteiger partial charge in [0.25, 0.3) is 5.91 Å². The van der Waals surface area contributed by atoms with Gasteiger partial charge in [-0.25, -0.2) is 9.97 Å². The van der Waals surface area contributed by atoms with Gasteiger partial charge < -0.3 is 14.5 Å². The largest absolute Gasteiger partial charge is 0.377 e. The average Bonchev–Trinajstić information content (AvgIpc) is 3.23. The zero-order valence-corrected chi connectivity index (χ0v) is 15.0. The molecule has 7 heteroatoms. The van der Waals surface area contributed by atoms with Gasteiger partial charge in [0, 0.05) is 37.7 Å².